The predicted molar refractivity (Wildman–Crippen MR) is 97.7 cm³/mol. The second-order valence-corrected chi connectivity index (χ2v) is 9.32. The van der Waals surface area contributed by atoms with Gasteiger partial charge in [0, 0.05) is 0 Å². The van der Waals surface area contributed by atoms with Gasteiger partial charge >= 0.3 is 18.9 Å². The molecule has 2 aromatic carbocycles. The van der Waals surface area contributed by atoms with Gasteiger partial charge < -0.3 is 4.72 Å². The summed E-state index contributed by atoms with van der Waals surface area (Å²) in [5.74, 6) is 0. The molecule has 0 saturated carbocycles. The summed E-state index contributed by atoms with van der Waals surface area (Å²) in [7, 11) is -6.88. The van der Waals surface area contributed by atoms with E-state index in [1.165, 1.54) is 12.1 Å². The molecule has 0 unspecified atom stereocenters. The van der Waals surface area contributed by atoms with Crippen molar-refractivity contribution in [1.29, 1.82) is 0 Å². The first-order valence-corrected chi connectivity index (χ1v) is 11.0. The van der Waals surface area contributed by atoms with Crippen molar-refractivity contribution in [2.24, 2.45) is 0 Å². The molecule has 130 valence electrons. The Bertz CT molecular complexity index is 914. The molecule has 0 aliphatic heterocycles. The Morgan fingerprint density at radius 3 is 1.88 bits per heavy atom. The molecule has 0 heterocycles. The van der Waals surface area contributed by atoms with Crippen molar-refractivity contribution in [3.8, 4) is 11.1 Å². The fraction of sp³-hybridized carbons (Fsp3) is 0.143. The first-order valence-electron chi connectivity index (χ1n) is 6.42. The van der Waals surface area contributed by atoms with E-state index < -0.39 is 20.0 Å². The molecule has 0 fully saturated rings. The molecule has 2 aromatic rings. The van der Waals surface area contributed by atoms with Gasteiger partial charge in [-0.15, -0.1) is 35.4 Å². The van der Waals surface area contributed by atoms with Gasteiger partial charge in [0.1, 0.15) is 0 Å². The monoisotopic (exact) mass is 414 g/mol. The summed E-state index contributed by atoms with van der Waals surface area (Å²) in [6, 6.07) is 10.7. The Hall–Kier alpha value is -0.883. The predicted octanol–water partition coefficient (Wildman–Crippen LogP) is 0.208. The van der Waals surface area contributed by atoms with Crippen molar-refractivity contribution in [3.63, 3.8) is 0 Å². The van der Waals surface area contributed by atoms with Crippen molar-refractivity contribution >= 4 is 54.6 Å². The number of nitrogens with one attached hydrogen (secondary N) is 2. The molecule has 0 spiro atoms. The van der Waals surface area contributed by atoms with E-state index in [9.17, 15) is 16.8 Å². The summed E-state index contributed by atoms with van der Waals surface area (Å²) in [6.07, 6.45) is 2.04. The minimum Gasteiger partial charge on any atom is -0.322 e. The molecular weight excluding hydrogens is 402 g/mol. The van der Waals surface area contributed by atoms with Crippen LogP contribution in [0.4, 0.5) is 11.4 Å². The third-order valence-electron chi connectivity index (χ3n) is 2.77. The Morgan fingerprint density at radius 1 is 0.880 bits per heavy atom. The van der Waals surface area contributed by atoms with Crippen molar-refractivity contribution in [2.45, 2.75) is 0 Å². The zero-order valence-corrected chi connectivity index (χ0v) is 16.7. The Balaban J connectivity index is 0.00000312. The second-order valence-electron chi connectivity index (χ2n) is 5.04. The quantitative estimate of drug-likeness (QED) is 0.540. The minimum absolute atomic E-state index is 0. The van der Waals surface area contributed by atoms with Crippen molar-refractivity contribution < 1.29 is 35.7 Å². The number of hydrogen-bond donors (Lipinski definition) is 2. The van der Waals surface area contributed by atoms with E-state index in [0.717, 1.165) is 12.5 Å². The van der Waals surface area contributed by atoms with Crippen LogP contribution in [0.3, 0.4) is 0 Å². The van der Waals surface area contributed by atoms with Crippen LogP contribution in [0.25, 0.3) is 11.1 Å². The van der Waals surface area contributed by atoms with Gasteiger partial charge in [0.05, 0.1) is 23.2 Å². The number of benzene rings is 2. The van der Waals surface area contributed by atoms with Crippen molar-refractivity contribution in [3.05, 3.63) is 46.4 Å². The van der Waals surface area contributed by atoms with Gasteiger partial charge in [-0.2, -0.15) is 0 Å². The first-order chi connectivity index (χ1) is 10.9. The molecule has 0 amide bonds. The summed E-state index contributed by atoms with van der Waals surface area (Å²) in [4.78, 5) is 0. The maximum Gasteiger partial charge on any atom is 1.00 e. The third-order valence-corrected chi connectivity index (χ3v) is 4.56. The van der Waals surface area contributed by atoms with E-state index in [4.69, 9.17) is 23.2 Å². The van der Waals surface area contributed by atoms with Crippen LogP contribution in [-0.2, 0) is 20.0 Å². The number of halogens is 2. The van der Waals surface area contributed by atoms with Crippen molar-refractivity contribution in [1.82, 2.24) is 0 Å². The van der Waals surface area contributed by atoms with E-state index in [-0.39, 0.29) is 40.3 Å². The average molecular weight is 415 g/mol. The molecule has 0 radical (unpaired) electrons. The molecule has 0 atom stereocenters. The van der Waals surface area contributed by atoms with E-state index in [2.05, 4.69) is 15.5 Å². The molecule has 0 aliphatic carbocycles. The van der Waals surface area contributed by atoms with Crippen LogP contribution in [0, 0.1) is 6.07 Å². The fourth-order valence-corrected chi connectivity index (χ4v) is 3.58. The van der Waals surface area contributed by atoms with Crippen LogP contribution in [0.5, 0.6) is 0 Å². The van der Waals surface area contributed by atoms with Gasteiger partial charge in [0.25, 0.3) is 0 Å². The zero-order chi connectivity index (χ0) is 18.1. The van der Waals surface area contributed by atoms with Crippen LogP contribution >= 0.6 is 23.2 Å². The number of sulfonamides is 2. The summed E-state index contributed by atoms with van der Waals surface area (Å²) in [5.41, 5.74) is 1.69. The van der Waals surface area contributed by atoms with Crippen molar-refractivity contribution in [2.75, 3.05) is 22.0 Å². The molecule has 11 heteroatoms. The first kappa shape index (κ1) is 22.2. The molecule has 0 aliphatic rings. The Kier molecular flexibility index (Phi) is 7.28. The third kappa shape index (κ3) is 6.74. The maximum absolute atomic E-state index is 11.3. The summed E-state index contributed by atoms with van der Waals surface area (Å²) < 4.78 is 49.6. The molecular formula is C14H13Cl2LiN2O4S2. The van der Waals surface area contributed by atoms with E-state index in [1.807, 2.05) is 0 Å². The van der Waals surface area contributed by atoms with E-state index in [0.29, 0.717) is 11.1 Å². The van der Waals surface area contributed by atoms with Gasteiger partial charge in [-0.25, -0.2) is 16.8 Å². The summed E-state index contributed by atoms with van der Waals surface area (Å²) in [5, 5.41) is 0.313. The van der Waals surface area contributed by atoms with Gasteiger partial charge in [-0.1, -0.05) is 29.3 Å². The van der Waals surface area contributed by atoms with Gasteiger partial charge in [-0.05, 0) is 16.8 Å². The zero-order valence-electron chi connectivity index (χ0n) is 13.6. The smallest absolute Gasteiger partial charge is 0.322 e. The van der Waals surface area contributed by atoms with Gasteiger partial charge in [0.2, 0.25) is 20.0 Å². The van der Waals surface area contributed by atoms with Crippen LogP contribution < -0.4 is 28.3 Å². The number of hydrogen-bond acceptors (Lipinski definition) is 4. The van der Waals surface area contributed by atoms with Gasteiger partial charge in [-0.3, -0.25) is 4.72 Å². The second kappa shape index (κ2) is 8.21. The molecule has 0 aromatic heterocycles. The van der Waals surface area contributed by atoms with E-state index in [1.54, 1.807) is 18.2 Å². The molecule has 2 N–H and O–H groups in total. The van der Waals surface area contributed by atoms with E-state index >= 15 is 0 Å². The topological polar surface area (TPSA) is 92.3 Å². The maximum atomic E-state index is 11.3. The molecule has 2 rings (SSSR count). The van der Waals surface area contributed by atoms with Crippen LogP contribution in [-0.4, -0.2) is 29.3 Å². The minimum atomic E-state index is -3.45. The van der Waals surface area contributed by atoms with Crippen LogP contribution in [0.2, 0.25) is 10.0 Å². The Labute approximate surface area is 169 Å². The number of anilines is 2. The fourth-order valence-electron chi connectivity index (χ4n) is 1.88. The standard InChI is InChI=1S/C14H13Cl2N2O4S2.Li/c1-23(19,20)17-13-5-3-9(7-11(13)15)10-4-6-14(12(16)8-10)18-24(2,21)22;/h3-7,17-18H,1-2H3;/q-1;+1. The molecule has 0 bridgehead atoms. The summed E-state index contributed by atoms with van der Waals surface area (Å²) >= 11 is 12.1. The molecule has 6 nitrogen and oxygen atoms in total. The Morgan fingerprint density at radius 2 is 1.40 bits per heavy atom. The number of rotatable bonds is 5. The van der Waals surface area contributed by atoms with Crippen LogP contribution in [0.15, 0.2) is 30.3 Å². The molecule has 0 saturated heterocycles. The molecule has 25 heavy (non-hydrogen) atoms. The largest absolute Gasteiger partial charge is 1.00 e. The van der Waals surface area contributed by atoms with Crippen LogP contribution in [0.1, 0.15) is 0 Å². The SMILES string of the molecule is CS(=O)(=O)Nc1ccc(-c2ccc(NS(C)(=O)=O)c(Cl)c2)[c-]c1Cl.[Li+]. The summed E-state index contributed by atoms with van der Waals surface area (Å²) in [6.45, 7) is 0. The normalized spacial score (nSPS) is 11.5. The average Bonchev–Trinajstić information content (AvgIpc) is 2.40. The van der Waals surface area contributed by atoms with Gasteiger partial charge in [0.15, 0.2) is 0 Å².